The van der Waals surface area contributed by atoms with Crippen molar-refractivity contribution in [3.05, 3.63) is 35.4 Å². The molecular weight excluding hydrogens is 248 g/mol. The summed E-state index contributed by atoms with van der Waals surface area (Å²) in [7, 11) is 0. The summed E-state index contributed by atoms with van der Waals surface area (Å²) in [6.45, 7) is 6.07. The molecule has 0 bridgehead atoms. The van der Waals surface area contributed by atoms with Crippen molar-refractivity contribution in [1.82, 2.24) is 4.90 Å². The van der Waals surface area contributed by atoms with Gasteiger partial charge in [0.25, 0.3) is 0 Å². The maximum absolute atomic E-state index is 6.34. The molecule has 20 heavy (non-hydrogen) atoms. The second-order valence-electron chi connectivity index (χ2n) is 5.86. The Bertz CT molecular complexity index is 502. The fourth-order valence-corrected chi connectivity index (χ4v) is 3.14. The van der Waals surface area contributed by atoms with Gasteiger partial charge < -0.3 is 15.4 Å². The van der Waals surface area contributed by atoms with E-state index in [1.54, 1.807) is 0 Å². The molecule has 3 heteroatoms. The van der Waals surface area contributed by atoms with Crippen LogP contribution < -0.4 is 10.5 Å². The van der Waals surface area contributed by atoms with Crippen LogP contribution in [0.4, 0.5) is 0 Å². The Hall–Kier alpha value is -1.32. The predicted octanol–water partition coefficient (Wildman–Crippen LogP) is 2.45. The van der Waals surface area contributed by atoms with Gasteiger partial charge >= 0.3 is 0 Å². The first kappa shape index (κ1) is 13.7. The summed E-state index contributed by atoms with van der Waals surface area (Å²) >= 11 is 0. The Morgan fingerprint density at radius 2 is 2.10 bits per heavy atom. The number of likely N-dealkylation sites (tertiary alicyclic amines) is 1. The maximum atomic E-state index is 6.34. The number of fused-ring (bicyclic) bond motifs is 1. The normalized spacial score (nSPS) is 20.7. The highest BCUT2D eigenvalue weighted by atomic mass is 16.5. The second-order valence-corrected chi connectivity index (χ2v) is 5.86. The van der Waals surface area contributed by atoms with E-state index < -0.39 is 0 Å². The molecule has 3 rings (SSSR count). The van der Waals surface area contributed by atoms with Gasteiger partial charge in [-0.3, -0.25) is 0 Å². The van der Waals surface area contributed by atoms with E-state index in [9.17, 15) is 0 Å². The largest absolute Gasteiger partial charge is 0.482 e. The minimum Gasteiger partial charge on any atom is -0.482 e. The summed E-state index contributed by atoms with van der Waals surface area (Å²) in [5.74, 6) is 1.04. The van der Waals surface area contributed by atoms with Crippen LogP contribution in [0.2, 0.25) is 0 Å². The molecule has 0 aromatic heterocycles. The lowest BCUT2D eigenvalue weighted by Gasteiger charge is -2.42. The van der Waals surface area contributed by atoms with Crippen LogP contribution in [0.1, 0.15) is 30.9 Å². The van der Waals surface area contributed by atoms with E-state index in [0.29, 0.717) is 0 Å². The average molecular weight is 272 g/mol. The molecule has 2 aliphatic rings. The molecule has 0 saturated carbocycles. The fourth-order valence-electron chi connectivity index (χ4n) is 3.14. The van der Waals surface area contributed by atoms with E-state index >= 15 is 0 Å². The number of hydrogen-bond acceptors (Lipinski definition) is 3. The lowest BCUT2D eigenvalue weighted by Crippen LogP contribution is -2.48. The third kappa shape index (κ3) is 2.60. The molecular formula is C17H24N2O. The van der Waals surface area contributed by atoms with Crippen LogP contribution in [0.15, 0.2) is 24.3 Å². The van der Waals surface area contributed by atoms with Crippen LogP contribution in [-0.2, 0) is 6.42 Å². The standard InChI is InChI=1S/C17H24N2O/c1-2-14-3-4-16-15(13-14)5-6-17(20-16)7-10-19(11-8-17)12-9-18/h3-6,13H,2,7-12,18H2,1H3. The monoisotopic (exact) mass is 272 g/mol. The van der Waals surface area contributed by atoms with Gasteiger partial charge in [-0.1, -0.05) is 19.1 Å². The van der Waals surface area contributed by atoms with Gasteiger partial charge in [0, 0.05) is 44.6 Å². The molecule has 1 spiro atoms. The van der Waals surface area contributed by atoms with Gasteiger partial charge in [-0.2, -0.15) is 0 Å². The van der Waals surface area contributed by atoms with Crippen LogP contribution in [0.25, 0.3) is 6.08 Å². The Morgan fingerprint density at radius 1 is 1.30 bits per heavy atom. The zero-order valence-corrected chi connectivity index (χ0v) is 12.3. The second kappa shape index (κ2) is 5.58. The molecule has 0 aliphatic carbocycles. The van der Waals surface area contributed by atoms with Crippen LogP contribution in [0, 0.1) is 0 Å². The van der Waals surface area contributed by atoms with E-state index in [2.05, 4.69) is 42.2 Å². The molecule has 0 radical (unpaired) electrons. The Kier molecular flexibility index (Phi) is 3.81. The molecule has 3 nitrogen and oxygen atoms in total. The van der Waals surface area contributed by atoms with Crippen molar-refractivity contribution in [1.29, 1.82) is 0 Å². The summed E-state index contributed by atoms with van der Waals surface area (Å²) in [6.07, 6.45) is 7.70. The smallest absolute Gasteiger partial charge is 0.130 e. The van der Waals surface area contributed by atoms with Crippen molar-refractivity contribution in [3.63, 3.8) is 0 Å². The zero-order valence-electron chi connectivity index (χ0n) is 12.3. The van der Waals surface area contributed by atoms with E-state index in [4.69, 9.17) is 10.5 Å². The molecule has 2 N–H and O–H groups in total. The first-order valence-corrected chi connectivity index (χ1v) is 7.68. The van der Waals surface area contributed by atoms with Crippen molar-refractivity contribution in [3.8, 4) is 5.75 Å². The number of hydrogen-bond donors (Lipinski definition) is 1. The van der Waals surface area contributed by atoms with Crippen molar-refractivity contribution >= 4 is 6.08 Å². The van der Waals surface area contributed by atoms with Crippen LogP contribution in [-0.4, -0.2) is 36.7 Å². The maximum Gasteiger partial charge on any atom is 0.130 e. The van der Waals surface area contributed by atoms with Gasteiger partial charge in [0.1, 0.15) is 11.4 Å². The topological polar surface area (TPSA) is 38.5 Å². The molecule has 108 valence electrons. The van der Waals surface area contributed by atoms with Gasteiger partial charge in [0.15, 0.2) is 0 Å². The molecule has 1 saturated heterocycles. The highest BCUT2D eigenvalue weighted by molar-refractivity contribution is 5.62. The van der Waals surface area contributed by atoms with E-state index in [1.165, 1.54) is 11.1 Å². The number of nitrogens with zero attached hydrogens (tertiary/aromatic N) is 1. The van der Waals surface area contributed by atoms with Gasteiger partial charge in [0.2, 0.25) is 0 Å². The first-order chi connectivity index (χ1) is 9.74. The van der Waals surface area contributed by atoms with Gasteiger partial charge in [-0.25, -0.2) is 0 Å². The van der Waals surface area contributed by atoms with Gasteiger partial charge in [-0.15, -0.1) is 0 Å². The number of rotatable bonds is 3. The minimum atomic E-state index is -0.0914. The lowest BCUT2D eigenvalue weighted by atomic mass is 9.88. The predicted molar refractivity (Wildman–Crippen MR) is 82.9 cm³/mol. The Morgan fingerprint density at radius 3 is 2.80 bits per heavy atom. The van der Waals surface area contributed by atoms with Gasteiger partial charge in [0.05, 0.1) is 0 Å². The van der Waals surface area contributed by atoms with E-state index in [1.807, 2.05) is 0 Å². The highest BCUT2D eigenvalue weighted by Crippen LogP contribution is 2.37. The number of piperidine rings is 1. The molecule has 1 fully saturated rings. The number of aryl methyl sites for hydroxylation is 1. The van der Waals surface area contributed by atoms with Crippen LogP contribution in [0.5, 0.6) is 5.75 Å². The molecule has 2 heterocycles. The van der Waals surface area contributed by atoms with Crippen molar-refractivity contribution in [2.75, 3.05) is 26.2 Å². The lowest BCUT2D eigenvalue weighted by molar-refractivity contribution is 0.0398. The third-order valence-corrected chi connectivity index (χ3v) is 4.51. The van der Waals surface area contributed by atoms with E-state index in [-0.39, 0.29) is 5.60 Å². The van der Waals surface area contributed by atoms with Crippen molar-refractivity contribution in [2.45, 2.75) is 31.8 Å². The summed E-state index contributed by atoms with van der Waals surface area (Å²) in [5, 5.41) is 0. The highest BCUT2D eigenvalue weighted by Gasteiger charge is 2.36. The zero-order chi connectivity index (χ0) is 14.0. The van der Waals surface area contributed by atoms with Crippen molar-refractivity contribution < 1.29 is 4.74 Å². The van der Waals surface area contributed by atoms with Crippen LogP contribution >= 0.6 is 0 Å². The molecule has 2 aliphatic heterocycles. The number of ether oxygens (including phenoxy) is 1. The van der Waals surface area contributed by atoms with Gasteiger partial charge in [-0.05, 0) is 30.2 Å². The average Bonchev–Trinajstić information content (AvgIpc) is 2.50. The molecule has 1 aromatic rings. The molecule has 1 aromatic carbocycles. The van der Waals surface area contributed by atoms with Crippen molar-refractivity contribution in [2.24, 2.45) is 5.73 Å². The molecule has 0 amide bonds. The Balaban J connectivity index is 1.74. The number of benzene rings is 1. The summed E-state index contributed by atoms with van der Waals surface area (Å²) in [4.78, 5) is 2.43. The first-order valence-electron chi connectivity index (χ1n) is 7.68. The quantitative estimate of drug-likeness (QED) is 0.918. The SMILES string of the molecule is CCc1ccc2c(c1)C=CC1(CCN(CCN)CC1)O2. The fraction of sp³-hybridized carbons (Fsp3) is 0.529. The third-order valence-electron chi connectivity index (χ3n) is 4.51. The number of nitrogens with two attached hydrogens (primary N) is 1. The molecule has 0 unspecified atom stereocenters. The van der Waals surface area contributed by atoms with Crippen LogP contribution in [0.3, 0.4) is 0 Å². The Labute approximate surface area is 121 Å². The summed E-state index contributed by atoms with van der Waals surface area (Å²) < 4.78 is 6.34. The van der Waals surface area contributed by atoms with E-state index in [0.717, 1.165) is 51.2 Å². The minimum absolute atomic E-state index is 0.0914. The summed E-state index contributed by atoms with van der Waals surface area (Å²) in [6, 6.07) is 6.54. The summed E-state index contributed by atoms with van der Waals surface area (Å²) in [5.41, 5.74) is 8.13. The molecule has 0 atom stereocenters.